The first-order valence-corrected chi connectivity index (χ1v) is 4.63. The summed E-state index contributed by atoms with van der Waals surface area (Å²) < 4.78 is 0. The SMILES string of the molecule is CC(O)CNc1cccc(Cl)c1C#N. The fourth-order valence-corrected chi connectivity index (χ4v) is 1.26. The van der Waals surface area contributed by atoms with Crippen molar-refractivity contribution in [1.29, 1.82) is 5.26 Å². The highest BCUT2D eigenvalue weighted by Crippen LogP contribution is 2.22. The first-order valence-electron chi connectivity index (χ1n) is 4.25. The van der Waals surface area contributed by atoms with E-state index in [0.29, 0.717) is 22.8 Å². The molecule has 2 N–H and O–H groups in total. The molecule has 0 heterocycles. The smallest absolute Gasteiger partial charge is 0.103 e. The van der Waals surface area contributed by atoms with Crippen LogP contribution < -0.4 is 5.32 Å². The van der Waals surface area contributed by atoms with Gasteiger partial charge in [-0.05, 0) is 19.1 Å². The number of rotatable bonds is 3. The monoisotopic (exact) mass is 210 g/mol. The number of halogens is 1. The van der Waals surface area contributed by atoms with Crippen LogP contribution in [0.2, 0.25) is 5.02 Å². The summed E-state index contributed by atoms with van der Waals surface area (Å²) in [7, 11) is 0. The van der Waals surface area contributed by atoms with Crippen LogP contribution in [0.5, 0.6) is 0 Å². The molecule has 0 aromatic heterocycles. The maximum absolute atomic E-state index is 9.07. The molecule has 1 atom stereocenters. The molecular formula is C10H11ClN2O. The van der Waals surface area contributed by atoms with E-state index in [2.05, 4.69) is 5.32 Å². The molecule has 0 amide bonds. The summed E-state index contributed by atoms with van der Waals surface area (Å²) in [5.41, 5.74) is 1.07. The Bertz CT molecular complexity index is 358. The average molecular weight is 211 g/mol. The van der Waals surface area contributed by atoms with E-state index in [0.717, 1.165) is 0 Å². The van der Waals surface area contributed by atoms with Gasteiger partial charge in [0.05, 0.1) is 22.4 Å². The highest BCUT2D eigenvalue weighted by molar-refractivity contribution is 6.32. The van der Waals surface area contributed by atoms with E-state index in [1.54, 1.807) is 25.1 Å². The molecule has 0 bridgehead atoms. The van der Waals surface area contributed by atoms with Crippen LogP contribution in [0.4, 0.5) is 5.69 Å². The third-order valence-corrected chi connectivity index (χ3v) is 2.03. The minimum atomic E-state index is -0.458. The highest BCUT2D eigenvalue weighted by Gasteiger charge is 2.05. The summed E-state index contributed by atoms with van der Waals surface area (Å²) in [5.74, 6) is 0. The lowest BCUT2D eigenvalue weighted by Gasteiger charge is -2.10. The predicted molar refractivity (Wildman–Crippen MR) is 56.3 cm³/mol. The van der Waals surface area contributed by atoms with E-state index in [4.69, 9.17) is 22.0 Å². The van der Waals surface area contributed by atoms with Gasteiger partial charge in [-0.3, -0.25) is 0 Å². The van der Waals surface area contributed by atoms with Gasteiger partial charge in [0, 0.05) is 6.54 Å². The van der Waals surface area contributed by atoms with Crippen molar-refractivity contribution >= 4 is 17.3 Å². The van der Waals surface area contributed by atoms with E-state index in [9.17, 15) is 0 Å². The molecule has 0 aliphatic carbocycles. The number of aliphatic hydroxyl groups excluding tert-OH is 1. The summed E-state index contributed by atoms with van der Waals surface area (Å²) in [6.45, 7) is 2.07. The molecule has 1 rings (SSSR count). The van der Waals surface area contributed by atoms with Crippen molar-refractivity contribution in [1.82, 2.24) is 0 Å². The maximum atomic E-state index is 9.07. The summed E-state index contributed by atoms with van der Waals surface area (Å²) in [6, 6.07) is 7.19. The van der Waals surface area contributed by atoms with Crippen LogP contribution in [0.15, 0.2) is 18.2 Å². The number of nitrogens with zero attached hydrogens (tertiary/aromatic N) is 1. The zero-order valence-electron chi connectivity index (χ0n) is 7.79. The van der Waals surface area contributed by atoms with E-state index in [-0.39, 0.29) is 0 Å². The summed E-state index contributed by atoms with van der Waals surface area (Å²) in [6.07, 6.45) is -0.458. The Morgan fingerprint density at radius 3 is 2.93 bits per heavy atom. The minimum Gasteiger partial charge on any atom is -0.392 e. The topological polar surface area (TPSA) is 56.0 Å². The molecule has 0 saturated heterocycles. The standard InChI is InChI=1S/C10H11ClN2O/c1-7(14)6-13-10-4-2-3-9(11)8(10)5-12/h2-4,7,13-14H,6H2,1H3. The second-order valence-electron chi connectivity index (χ2n) is 3.00. The Morgan fingerprint density at radius 2 is 2.36 bits per heavy atom. The molecule has 1 aromatic rings. The van der Waals surface area contributed by atoms with Gasteiger partial charge >= 0.3 is 0 Å². The van der Waals surface area contributed by atoms with Gasteiger partial charge < -0.3 is 10.4 Å². The fraction of sp³-hybridized carbons (Fsp3) is 0.300. The number of hydrogen-bond acceptors (Lipinski definition) is 3. The summed E-state index contributed by atoms with van der Waals surface area (Å²) in [5, 5.41) is 21.3. The Kier molecular flexibility index (Phi) is 3.75. The van der Waals surface area contributed by atoms with Gasteiger partial charge in [0.2, 0.25) is 0 Å². The zero-order valence-corrected chi connectivity index (χ0v) is 8.54. The Morgan fingerprint density at radius 1 is 1.64 bits per heavy atom. The molecular weight excluding hydrogens is 200 g/mol. The van der Waals surface area contributed by atoms with Crippen LogP contribution in [-0.4, -0.2) is 17.8 Å². The lowest BCUT2D eigenvalue weighted by molar-refractivity contribution is 0.208. The quantitative estimate of drug-likeness (QED) is 0.803. The Hall–Kier alpha value is -1.24. The van der Waals surface area contributed by atoms with Gasteiger partial charge in [0.15, 0.2) is 0 Å². The first-order chi connectivity index (χ1) is 6.65. The van der Waals surface area contributed by atoms with Crippen molar-refractivity contribution in [2.75, 3.05) is 11.9 Å². The number of nitrogens with one attached hydrogen (secondary N) is 1. The molecule has 3 nitrogen and oxygen atoms in total. The zero-order chi connectivity index (χ0) is 10.6. The number of benzene rings is 1. The third kappa shape index (κ3) is 2.63. The third-order valence-electron chi connectivity index (χ3n) is 1.71. The van der Waals surface area contributed by atoms with Crippen LogP contribution in [0.3, 0.4) is 0 Å². The van der Waals surface area contributed by atoms with Gasteiger partial charge in [0.1, 0.15) is 6.07 Å². The van der Waals surface area contributed by atoms with E-state index >= 15 is 0 Å². The minimum absolute atomic E-state index is 0.398. The van der Waals surface area contributed by atoms with Crippen molar-refractivity contribution in [3.8, 4) is 6.07 Å². The van der Waals surface area contributed by atoms with Gasteiger partial charge in [-0.2, -0.15) is 5.26 Å². The van der Waals surface area contributed by atoms with Crippen LogP contribution in [-0.2, 0) is 0 Å². The van der Waals surface area contributed by atoms with Crippen molar-refractivity contribution in [2.24, 2.45) is 0 Å². The van der Waals surface area contributed by atoms with Gasteiger partial charge in [-0.15, -0.1) is 0 Å². The van der Waals surface area contributed by atoms with Crippen molar-refractivity contribution in [3.63, 3.8) is 0 Å². The first kappa shape index (κ1) is 10.8. The van der Waals surface area contributed by atoms with Crippen LogP contribution in [0, 0.1) is 11.3 Å². The summed E-state index contributed by atoms with van der Waals surface area (Å²) in [4.78, 5) is 0. The number of nitriles is 1. The predicted octanol–water partition coefficient (Wildman–Crippen LogP) is 2.00. The van der Waals surface area contributed by atoms with Gasteiger partial charge in [-0.1, -0.05) is 17.7 Å². The molecule has 0 aliphatic heterocycles. The Balaban J connectivity index is 2.87. The summed E-state index contributed by atoms with van der Waals surface area (Å²) >= 11 is 5.82. The van der Waals surface area contributed by atoms with Crippen LogP contribution in [0.25, 0.3) is 0 Å². The molecule has 0 spiro atoms. The maximum Gasteiger partial charge on any atom is 0.103 e. The van der Waals surface area contributed by atoms with Crippen molar-refractivity contribution in [2.45, 2.75) is 13.0 Å². The number of anilines is 1. The number of hydrogen-bond donors (Lipinski definition) is 2. The molecule has 1 aromatic carbocycles. The molecule has 0 fully saturated rings. The molecule has 0 aliphatic rings. The lowest BCUT2D eigenvalue weighted by Crippen LogP contribution is -2.15. The van der Waals surface area contributed by atoms with Crippen LogP contribution >= 0.6 is 11.6 Å². The molecule has 1 unspecified atom stereocenters. The second-order valence-corrected chi connectivity index (χ2v) is 3.41. The average Bonchev–Trinajstić information content (AvgIpc) is 2.14. The molecule has 0 saturated carbocycles. The van der Waals surface area contributed by atoms with Gasteiger partial charge in [0.25, 0.3) is 0 Å². The molecule has 0 radical (unpaired) electrons. The second kappa shape index (κ2) is 4.85. The van der Waals surface area contributed by atoms with E-state index in [1.165, 1.54) is 0 Å². The van der Waals surface area contributed by atoms with Gasteiger partial charge in [-0.25, -0.2) is 0 Å². The largest absolute Gasteiger partial charge is 0.392 e. The van der Waals surface area contributed by atoms with Crippen molar-refractivity contribution in [3.05, 3.63) is 28.8 Å². The van der Waals surface area contributed by atoms with Crippen LogP contribution in [0.1, 0.15) is 12.5 Å². The van der Waals surface area contributed by atoms with E-state index in [1.807, 2.05) is 6.07 Å². The lowest BCUT2D eigenvalue weighted by atomic mass is 10.2. The number of aliphatic hydroxyl groups is 1. The molecule has 74 valence electrons. The normalized spacial score (nSPS) is 11.9. The molecule has 14 heavy (non-hydrogen) atoms. The van der Waals surface area contributed by atoms with Crippen molar-refractivity contribution < 1.29 is 5.11 Å². The Labute approximate surface area is 87.9 Å². The fourth-order valence-electron chi connectivity index (χ4n) is 1.04. The molecule has 4 heteroatoms. The highest BCUT2D eigenvalue weighted by atomic mass is 35.5. The van der Waals surface area contributed by atoms with E-state index < -0.39 is 6.10 Å².